The first-order chi connectivity index (χ1) is 26.1. The third-order valence-corrected chi connectivity index (χ3v) is 12.5. The molecule has 0 aromatic carbocycles. The predicted octanol–water partition coefficient (Wildman–Crippen LogP) is 3.48. The molecule has 0 spiro atoms. The van der Waals surface area contributed by atoms with Crippen molar-refractivity contribution in [3.05, 3.63) is 91.6 Å². The molecule has 2 aliphatic carbocycles. The number of primary amides is 1. The maximum Gasteiger partial charge on any atom is 0.259 e. The minimum atomic E-state index is -1.25. The number of carbonyl (C=O) groups is 4. The van der Waals surface area contributed by atoms with Gasteiger partial charge in [-0.25, -0.2) is 15.0 Å². The van der Waals surface area contributed by atoms with Crippen molar-refractivity contribution >= 4 is 62.9 Å². The van der Waals surface area contributed by atoms with Crippen LogP contribution < -0.4 is 26.8 Å². The van der Waals surface area contributed by atoms with Gasteiger partial charge in [0.1, 0.15) is 34.1 Å². The molecule has 15 nitrogen and oxygen atoms in total. The van der Waals surface area contributed by atoms with Crippen LogP contribution in [0, 0.1) is 0 Å². The number of hydrogen-bond donors (Lipinski definition) is 4. The number of nitrogens with one attached hydrogen (secondary N) is 2. The van der Waals surface area contributed by atoms with Crippen molar-refractivity contribution in [3.63, 3.8) is 0 Å². The summed E-state index contributed by atoms with van der Waals surface area (Å²) in [7, 11) is 0. The molecule has 17 heteroatoms. The summed E-state index contributed by atoms with van der Waals surface area (Å²) < 4.78 is 1.42. The Balaban J connectivity index is 0.000000157. The third kappa shape index (κ3) is 6.94. The fourth-order valence-electron chi connectivity index (χ4n) is 7.05. The summed E-state index contributed by atoms with van der Waals surface area (Å²) in [4.78, 5) is 78.1. The average molecular weight is 770 g/mol. The van der Waals surface area contributed by atoms with Gasteiger partial charge < -0.3 is 21.1 Å². The normalized spacial score (nSPS) is 22.7. The topological polar surface area (TPSA) is 205 Å². The van der Waals surface area contributed by atoms with Crippen molar-refractivity contribution in [3.8, 4) is 0 Å². The van der Waals surface area contributed by atoms with Crippen LogP contribution >= 0.6 is 22.7 Å². The molecule has 4 fully saturated rings. The molecular formula is C37H39N9O6S2. The number of β-amino-alcohol motifs (C(OH)–C–C–N with tert-alkyl or cyclic N) is 1. The number of nitrogens with zero attached hydrogens (tertiary/aromatic N) is 6. The third-order valence-electron chi connectivity index (χ3n) is 10.7. The summed E-state index contributed by atoms with van der Waals surface area (Å²) in [5.74, 6) is 0.161. The molecule has 2 atom stereocenters. The van der Waals surface area contributed by atoms with Gasteiger partial charge in [-0.3, -0.25) is 38.6 Å². The average Bonchev–Trinajstić information content (AvgIpc) is 3.77. The Hall–Kier alpha value is -5.26. The number of aliphatic hydroxyl groups is 1. The van der Waals surface area contributed by atoms with E-state index in [0.717, 1.165) is 43.6 Å². The van der Waals surface area contributed by atoms with Crippen LogP contribution in [0.4, 0.5) is 10.9 Å². The minimum absolute atomic E-state index is 0.214. The molecule has 4 aromatic heterocycles. The molecule has 0 bridgehead atoms. The van der Waals surface area contributed by atoms with Crippen molar-refractivity contribution in [2.75, 3.05) is 23.3 Å². The van der Waals surface area contributed by atoms with E-state index in [1.165, 1.54) is 76.0 Å². The van der Waals surface area contributed by atoms with E-state index in [4.69, 9.17) is 5.73 Å². The number of thiazole rings is 2. The summed E-state index contributed by atoms with van der Waals surface area (Å²) in [5.41, 5.74) is 7.07. The molecule has 2 unspecified atom stereocenters. The van der Waals surface area contributed by atoms with E-state index in [-0.39, 0.29) is 29.6 Å². The highest BCUT2D eigenvalue weighted by molar-refractivity contribution is 7.14. The summed E-state index contributed by atoms with van der Waals surface area (Å²) in [5, 5.41) is 20.5. The van der Waals surface area contributed by atoms with Crippen molar-refractivity contribution in [1.82, 2.24) is 29.6 Å². The summed E-state index contributed by atoms with van der Waals surface area (Å²) in [6, 6.07) is 4.69. The Bertz CT molecular complexity index is 2270. The van der Waals surface area contributed by atoms with Crippen molar-refractivity contribution in [2.45, 2.75) is 81.1 Å². The van der Waals surface area contributed by atoms with Crippen LogP contribution in [0.5, 0.6) is 0 Å². The van der Waals surface area contributed by atoms with Crippen molar-refractivity contribution in [1.29, 1.82) is 0 Å². The largest absolute Gasteiger partial charge is 0.391 e. The Morgan fingerprint density at radius 2 is 1.70 bits per heavy atom. The molecule has 0 radical (unpaired) electrons. The van der Waals surface area contributed by atoms with Gasteiger partial charge >= 0.3 is 0 Å². The molecule has 4 aromatic rings. The van der Waals surface area contributed by atoms with Crippen LogP contribution in [0.25, 0.3) is 5.65 Å². The van der Waals surface area contributed by atoms with E-state index in [1.54, 1.807) is 24.4 Å². The fraction of sp³-hybridized carbons (Fsp3) is 0.405. The van der Waals surface area contributed by atoms with Gasteiger partial charge in [-0.1, -0.05) is 12.8 Å². The number of pyridine rings is 1. The Labute approximate surface area is 317 Å². The maximum absolute atomic E-state index is 12.7. The van der Waals surface area contributed by atoms with Gasteiger partial charge in [0, 0.05) is 59.7 Å². The zero-order chi connectivity index (χ0) is 37.6. The Kier molecular flexibility index (Phi) is 9.62. The lowest BCUT2D eigenvalue weighted by Crippen LogP contribution is -2.49. The van der Waals surface area contributed by atoms with Crippen LogP contribution in [0.2, 0.25) is 0 Å². The molecule has 5 aliphatic rings. The quantitative estimate of drug-likeness (QED) is 0.202. The molecule has 4 amide bonds. The van der Waals surface area contributed by atoms with Crippen LogP contribution in [0.15, 0.2) is 64.1 Å². The maximum atomic E-state index is 12.7. The molecular weight excluding hydrogens is 731 g/mol. The number of fused-ring (bicyclic) bond motifs is 2. The zero-order valence-corrected chi connectivity index (χ0v) is 30.9. The van der Waals surface area contributed by atoms with Gasteiger partial charge in [0.15, 0.2) is 5.13 Å². The summed E-state index contributed by atoms with van der Waals surface area (Å²) >= 11 is 2.81. The van der Waals surface area contributed by atoms with Gasteiger partial charge in [-0.2, -0.15) is 0 Å². The van der Waals surface area contributed by atoms with E-state index in [1.807, 2.05) is 15.7 Å². The lowest BCUT2D eigenvalue weighted by atomic mass is 9.82. The van der Waals surface area contributed by atoms with E-state index in [0.29, 0.717) is 45.5 Å². The van der Waals surface area contributed by atoms with Crippen LogP contribution in [0.3, 0.4) is 0 Å². The van der Waals surface area contributed by atoms with Gasteiger partial charge in [-0.15, -0.1) is 22.7 Å². The number of hydrogen-bond acceptors (Lipinski definition) is 12. The number of aromatic nitrogens is 4. The van der Waals surface area contributed by atoms with Gasteiger partial charge in [0.2, 0.25) is 17.7 Å². The number of rotatable bonds is 7. The van der Waals surface area contributed by atoms with Crippen LogP contribution in [-0.4, -0.2) is 72.2 Å². The first-order valence-corrected chi connectivity index (χ1v) is 19.9. The van der Waals surface area contributed by atoms with Crippen molar-refractivity contribution in [2.24, 2.45) is 5.73 Å². The van der Waals surface area contributed by atoms with E-state index in [9.17, 15) is 29.1 Å². The summed E-state index contributed by atoms with van der Waals surface area (Å²) in [6.07, 6.45) is 14.1. The first kappa shape index (κ1) is 35.8. The highest BCUT2D eigenvalue weighted by Gasteiger charge is 2.43. The number of anilines is 2. The number of carbonyl (C=O) groups excluding carboxylic acids is 4. The Morgan fingerprint density at radius 3 is 2.41 bits per heavy atom. The van der Waals surface area contributed by atoms with Gasteiger partial charge in [0.05, 0.1) is 17.5 Å². The van der Waals surface area contributed by atoms with Gasteiger partial charge in [0.25, 0.3) is 11.5 Å². The second-order valence-corrected chi connectivity index (χ2v) is 16.0. The number of nitrogens with two attached hydrogens (primary N) is 1. The monoisotopic (exact) mass is 769 g/mol. The lowest BCUT2D eigenvalue weighted by Gasteiger charge is -2.34. The van der Waals surface area contributed by atoms with Crippen LogP contribution in [0.1, 0.15) is 96.4 Å². The van der Waals surface area contributed by atoms with Crippen LogP contribution in [-0.2, 0) is 19.8 Å². The minimum Gasteiger partial charge on any atom is -0.391 e. The SMILES string of the molecule is NC(=O)C1(c2nc(C3CCC3)cs2)C=CN2C(=O)CC(=O)NC2=C1.O=C(Nc1nc(C2CCC2)cs1)c1ccn2c(=O)cc(N3CCCC(O)C3)nc2c1. The Morgan fingerprint density at radius 1 is 0.963 bits per heavy atom. The standard InChI is InChI=1S/C21H23N5O3S.C16H16N4O3S/c27-15-5-2-7-25(11-15)17-10-19(28)26-8-6-14(9-18(26)23-17)20(29)24-21-22-16(12-30-21)13-3-1-4-13;17-14(23)16(15-18-10(8-24-15)9-2-1-3-9)4-5-20-11(7-16)19-12(21)6-13(20)22/h6,8-10,12-13,15,27H,1-5,7,11H2,(H,22,24,29);4-5,7-9H,1-3,6H2,(H2,17,23)(H,19,21). The highest BCUT2D eigenvalue weighted by atomic mass is 32.1. The molecule has 2 saturated carbocycles. The van der Waals surface area contributed by atoms with E-state index < -0.39 is 23.3 Å². The lowest BCUT2D eigenvalue weighted by molar-refractivity contribution is -0.136. The molecule has 9 rings (SSSR count). The zero-order valence-electron chi connectivity index (χ0n) is 29.3. The molecule has 2 saturated heterocycles. The van der Waals surface area contributed by atoms with Gasteiger partial charge in [-0.05, 0) is 62.8 Å². The smallest absolute Gasteiger partial charge is 0.259 e. The summed E-state index contributed by atoms with van der Waals surface area (Å²) in [6.45, 7) is 1.20. The number of aliphatic hydroxyl groups excluding tert-OH is 1. The molecule has 5 N–H and O–H groups in total. The highest BCUT2D eigenvalue weighted by Crippen LogP contribution is 2.41. The molecule has 54 heavy (non-hydrogen) atoms. The molecule has 7 heterocycles. The molecule has 3 aliphatic heterocycles. The second-order valence-electron chi connectivity index (χ2n) is 14.3. The molecule has 280 valence electrons. The van der Waals surface area contributed by atoms with Crippen molar-refractivity contribution < 1.29 is 24.3 Å². The predicted molar refractivity (Wildman–Crippen MR) is 202 cm³/mol. The number of amides is 4. The van der Waals surface area contributed by atoms with E-state index >= 15 is 0 Å². The first-order valence-electron chi connectivity index (χ1n) is 18.1. The number of piperidine rings is 1. The fourth-order valence-corrected chi connectivity index (χ4v) is 8.89. The second kappa shape index (κ2) is 14.5. The van der Waals surface area contributed by atoms with E-state index in [2.05, 4.69) is 25.6 Å².